The highest BCUT2D eigenvalue weighted by Gasteiger charge is 2.43. The minimum atomic E-state index is -4.41. The molecule has 0 saturated carbocycles. The van der Waals surface area contributed by atoms with Gasteiger partial charge in [-0.15, -0.1) is 6.58 Å². The molecule has 1 aliphatic heterocycles. The smallest absolute Gasteiger partial charge is 0.416 e. The summed E-state index contributed by atoms with van der Waals surface area (Å²) in [7, 11) is -0.582. The number of nitrogens with zero attached hydrogens (tertiary/aromatic N) is 3. The van der Waals surface area contributed by atoms with E-state index in [1.807, 2.05) is 16.6 Å². The second kappa shape index (κ2) is 7.83. The van der Waals surface area contributed by atoms with E-state index in [4.69, 9.17) is 0 Å². The van der Waals surface area contributed by atoms with Gasteiger partial charge in [-0.2, -0.15) is 18.4 Å². The second-order valence-electron chi connectivity index (χ2n) is 6.71. The molecule has 1 aromatic rings. The van der Waals surface area contributed by atoms with Crippen LogP contribution in [0.3, 0.4) is 0 Å². The topological polar surface area (TPSA) is 50.5 Å². The summed E-state index contributed by atoms with van der Waals surface area (Å²) < 4.78 is 38.6. The maximum atomic E-state index is 12.9. The van der Waals surface area contributed by atoms with Crippen molar-refractivity contribution in [3.05, 3.63) is 48.0 Å². The lowest BCUT2D eigenvalue weighted by Gasteiger charge is -2.48. The third kappa shape index (κ3) is 3.95. The molecule has 0 amide bonds. The molecule has 8 heteroatoms. The number of benzene rings is 1. The molecular formula is C18H23BF3N3O. The average Bonchev–Trinajstić information content (AvgIpc) is 2.59. The molecule has 0 aliphatic carbocycles. The number of piperazine rings is 1. The highest BCUT2D eigenvalue weighted by molar-refractivity contribution is 6.45. The molecule has 140 valence electrons. The molecule has 2 rings (SSSR count). The van der Waals surface area contributed by atoms with E-state index in [0.717, 1.165) is 12.1 Å². The Kier molecular flexibility index (Phi) is 6.17. The quantitative estimate of drug-likeness (QED) is 0.644. The molecule has 2 atom stereocenters. The normalized spacial score (nSPS) is 21.7. The Labute approximate surface area is 152 Å². The summed E-state index contributed by atoms with van der Waals surface area (Å²) >= 11 is 0. The van der Waals surface area contributed by atoms with Gasteiger partial charge in [0.05, 0.1) is 11.6 Å². The molecule has 0 radical (unpaired) electrons. The molecule has 0 bridgehead atoms. The molecule has 1 aromatic carbocycles. The van der Waals surface area contributed by atoms with Crippen LogP contribution in [-0.2, 0) is 11.7 Å². The molecule has 1 saturated heterocycles. The second-order valence-corrected chi connectivity index (χ2v) is 6.71. The Morgan fingerprint density at radius 2 is 1.88 bits per heavy atom. The van der Waals surface area contributed by atoms with E-state index >= 15 is 0 Å². The maximum Gasteiger partial charge on any atom is 0.416 e. The third-order valence-corrected chi connectivity index (χ3v) is 4.99. The molecule has 1 aliphatic rings. The summed E-state index contributed by atoms with van der Waals surface area (Å²) in [5.41, 5.74) is -1.31. The fraction of sp³-hybridized carbons (Fsp3) is 0.500. The van der Waals surface area contributed by atoms with E-state index in [1.165, 1.54) is 12.1 Å². The van der Waals surface area contributed by atoms with Crippen LogP contribution in [0.1, 0.15) is 24.5 Å². The van der Waals surface area contributed by atoms with Crippen molar-refractivity contribution >= 4 is 7.05 Å². The number of alkyl halides is 3. The zero-order chi connectivity index (χ0) is 19.5. The van der Waals surface area contributed by atoms with Gasteiger partial charge >= 0.3 is 13.2 Å². The summed E-state index contributed by atoms with van der Waals surface area (Å²) in [6.07, 6.45) is -2.50. The van der Waals surface area contributed by atoms with Crippen LogP contribution < -0.4 is 0 Å². The molecule has 0 spiro atoms. The molecule has 1 N–H and O–H groups in total. The number of nitriles is 1. The van der Waals surface area contributed by atoms with Gasteiger partial charge in [-0.3, -0.25) is 4.90 Å². The van der Waals surface area contributed by atoms with Crippen LogP contribution >= 0.6 is 0 Å². The Bertz CT molecular complexity index is 672. The van der Waals surface area contributed by atoms with Gasteiger partial charge in [0.1, 0.15) is 5.54 Å². The summed E-state index contributed by atoms with van der Waals surface area (Å²) in [4.78, 5) is 3.90. The van der Waals surface area contributed by atoms with Gasteiger partial charge in [0.15, 0.2) is 0 Å². The predicted molar refractivity (Wildman–Crippen MR) is 95.1 cm³/mol. The molecule has 1 heterocycles. The van der Waals surface area contributed by atoms with Crippen LogP contribution in [0.2, 0.25) is 6.82 Å². The van der Waals surface area contributed by atoms with Gasteiger partial charge in [-0.1, -0.05) is 18.2 Å². The molecule has 4 nitrogen and oxygen atoms in total. The lowest BCUT2D eigenvalue weighted by atomic mass is 9.80. The van der Waals surface area contributed by atoms with E-state index in [2.05, 4.69) is 12.6 Å². The first-order chi connectivity index (χ1) is 12.2. The number of rotatable bonds is 5. The van der Waals surface area contributed by atoms with E-state index in [0.29, 0.717) is 31.6 Å². The van der Waals surface area contributed by atoms with Crippen LogP contribution in [0.25, 0.3) is 0 Å². The predicted octanol–water partition coefficient (Wildman–Crippen LogP) is 3.12. The number of hydrogen-bond donors (Lipinski definition) is 1. The Balaban J connectivity index is 2.40. The standard InChI is InChI=1S/C18H23BF3N3O/c1-4-9-17(13-23,15-5-7-16(8-6-15)18(20,21)22)25-11-10-24(19(3)26)12-14(25)2/h4-8,14,26H,1,9-12H2,2-3H3/t14-,17?/m0/s1. The van der Waals surface area contributed by atoms with Crippen molar-refractivity contribution in [2.45, 2.75) is 37.9 Å². The highest BCUT2D eigenvalue weighted by Crippen LogP contribution is 2.37. The summed E-state index contributed by atoms with van der Waals surface area (Å²) in [6, 6.07) is 7.06. The van der Waals surface area contributed by atoms with Crippen molar-refractivity contribution in [1.82, 2.24) is 9.71 Å². The monoisotopic (exact) mass is 365 g/mol. The lowest BCUT2D eigenvalue weighted by Crippen LogP contribution is -2.61. The Morgan fingerprint density at radius 1 is 1.31 bits per heavy atom. The van der Waals surface area contributed by atoms with Crippen molar-refractivity contribution in [3.8, 4) is 6.07 Å². The van der Waals surface area contributed by atoms with Gasteiger partial charge in [0.25, 0.3) is 0 Å². The zero-order valence-electron chi connectivity index (χ0n) is 15.0. The van der Waals surface area contributed by atoms with Crippen molar-refractivity contribution in [3.63, 3.8) is 0 Å². The Hall–Kier alpha value is -1.82. The summed E-state index contributed by atoms with van der Waals surface area (Å²) in [5, 5.41) is 19.8. The molecule has 1 unspecified atom stereocenters. The largest absolute Gasteiger partial charge is 0.437 e. The van der Waals surface area contributed by atoms with Crippen molar-refractivity contribution in [1.29, 1.82) is 5.26 Å². The van der Waals surface area contributed by atoms with E-state index in [-0.39, 0.29) is 6.04 Å². The van der Waals surface area contributed by atoms with Crippen LogP contribution in [0.15, 0.2) is 36.9 Å². The van der Waals surface area contributed by atoms with Crippen LogP contribution in [0.4, 0.5) is 13.2 Å². The van der Waals surface area contributed by atoms with Crippen LogP contribution in [-0.4, -0.2) is 47.5 Å². The third-order valence-electron chi connectivity index (χ3n) is 4.99. The van der Waals surface area contributed by atoms with E-state index in [1.54, 1.807) is 12.9 Å². The van der Waals surface area contributed by atoms with Gasteiger partial charge in [-0.25, -0.2) is 0 Å². The fourth-order valence-corrected chi connectivity index (χ4v) is 3.61. The maximum absolute atomic E-state index is 12.9. The summed E-state index contributed by atoms with van der Waals surface area (Å²) in [6.45, 7) is 9.04. The SMILES string of the molecule is C=CCC(C#N)(c1ccc(C(F)(F)F)cc1)N1CCN(B(C)O)C[C@@H]1C. The number of halogens is 3. The molecule has 0 aromatic heterocycles. The zero-order valence-corrected chi connectivity index (χ0v) is 15.0. The van der Waals surface area contributed by atoms with Crippen molar-refractivity contribution in [2.75, 3.05) is 19.6 Å². The first-order valence-corrected chi connectivity index (χ1v) is 8.54. The minimum Gasteiger partial charge on any atom is -0.437 e. The first-order valence-electron chi connectivity index (χ1n) is 8.54. The van der Waals surface area contributed by atoms with Gasteiger partial charge < -0.3 is 9.83 Å². The van der Waals surface area contributed by atoms with Crippen LogP contribution in [0.5, 0.6) is 0 Å². The van der Waals surface area contributed by atoms with E-state index < -0.39 is 24.3 Å². The minimum absolute atomic E-state index is 0.0553. The molecule has 1 fully saturated rings. The fourth-order valence-electron chi connectivity index (χ4n) is 3.61. The molecule has 26 heavy (non-hydrogen) atoms. The first kappa shape index (κ1) is 20.5. The van der Waals surface area contributed by atoms with Crippen LogP contribution in [0, 0.1) is 11.3 Å². The Morgan fingerprint density at radius 3 is 2.31 bits per heavy atom. The number of hydrogen-bond acceptors (Lipinski definition) is 4. The van der Waals surface area contributed by atoms with E-state index in [9.17, 15) is 23.5 Å². The summed E-state index contributed by atoms with van der Waals surface area (Å²) in [5.74, 6) is 0. The average molecular weight is 365 g/mol. The van der Waals surface area contributed by atoms with Gasteiger partial charge in [-0.05, 0) is 31.4 Å². The highest BCUT2D eigenvalue weighted by atomic mass is 19.4. The lowest BCUT2D eigenvalue weighted by molar-refractivity contribution is -0.137. The van der Waals surface area contributed by atoms with Gasteiger partial charge in [0.2, 0.25) is 0 Å². The van der Waals surface area contributed by atoms with Crippen molar-refractivity contribution < 1.29 is 18.2 Å². The molecular weight excluding hydrogens is 342 g/mol. The van der Waals surface area contributed by atoms with Crippen molar-refractivity contribution in [2.24, 2.45) is 0 Å². The van der Waals surface area contributed by atoms with Gasteiger partial charge in [0, 0.05) is 32.1 Å².